The Morgan fingerprint density at radius 2 is 2.14 bits per heavy atom. The van der Waals surface area contributed by atoms with Gasteiger partial charge in [-0.3, -0.25) is 4.79 Å². The Morgan fingerprint density at radius 1 is 1.36 bits per heavy atom. The molecular weight excluding hydrogens is 308 g/mol. The molecule has 0 aliphatic carbocycles. The number of nitrogens with one attached hydrogen (secondary N) is 2. The summed E-state index contributed by atoms with van der Waals surface area (Å²) < 4.78 is 9.70. The first-order valence-corrected chi connectivity index (χ1v) is 7.13. The van der Waals surface area contributed by atoms with Crippen molar-refractivity contribution in [1.29, 1.82) is 0 Å². The number of hydrogen-bond acceptors (Lipinski definition) is 5. The smallest absolute Gasteiger partial charge is 0.345 e. The number of halogens is 1. The minimum absolute atomic E-state index is 0.0605. The van der Waals surface area contributed by atoms with Crippen molar-refractivity contribution in [2.45, 2.75) is 6.42 Å². The number of rotatable bonds is 6. The van der Waals surface area contributed by atoms with Crippen LogP contribution in [0, 0.1) is 0 Å². The van der Waals surface area contributed by atoms with Crippen LogP contribution in [-0.4, -0.2) is 38.3 Å². The van der Waals surface area contributed by atoms with Crippen molar-refractivity contribution in [1.82, 2.24) is 4.98 Å². The summed E-state index contributed by atoms with van der Waals surface area (Å²) in [5.41, 5.74) is 0.302. The number of hydrogen-bond donors (Lipinski definition) is 2. The molecule has 0 fully saturated rings. The summed E-state index contributed by atoms with van der Waals surface area (Å²) in [7, 11) is 2.85. The first-order valence-electron chi connectivity index (χ1n) is 6.75. The second kappa shape index (κ2) is 7.29. The molecule has 1 heterocycles. The first-order chi connectivity index (χ1) is 10.6. The maximum Gasteiger partial charge on any atom is 0.345 e. The highest BCUT2D eigenvalue weighted by atomic mass is 35.5. The molecule has 22 heavy (non-hydrogen) atoms. The van der Waals surface area contributed by atoms with Crippen molar-refractivity contribution >= 4 is 34.2 Å². The van der Waals surface area contributed by atoms with Crippen LogP contribution in [0.3, 0.4) is 0 Å². The van der Waals surface area contributed by atoms with Gasteiger partial charge in [-0.1, -0.05) is 23.7 Å². The van der Waals surface area contributed by atoms with E-state index in [1.807, 2.05) is 0 Å². The Kier molecular flexibility index (Phi) is 5.41. The van der Waals surface area contributed by atoms with Gasteiger partial charge in [0, 0.05) is 25.6 Å². The van der Waals surface area contributed by atoms with Gasteiger partial charge in [0.05, 0.1) is 23.3 Å². The number of ether oxygens (including phenoxy) is 2. The number of carbonyl (C=O) groups is 1. The number of carbonyl (C=O) groups excluding carboxylic acids is 1. The first kappa shape index (κ1) is 16.3. The van der Waals surface area contributed by atoms with E-state index in [1.165, 1.54) is 7.11 Å². The van der Waals surface area contributed by atoms with Crippen molar-refractivity contribution in [3.63, 3.8) is 0 Å². The summed E-state index contributed by atoms with van der Waals surface area (Å²) >= 11 is 6.12. The number of H-pyrrole nitrogens is 1. The van der Waals surface area contributed by atoms with Gasteiger partial charge in [-0.25, -0.2) is 4.79 Å². The van der Waals surface area contributed by atoms with Crippen LogP contribution in [0.2, 0.25) is 5.02 Å². The molecule has 0 spiro atoms. The van der Waals surface area contributed by atoms with Gasteiger partial charge in [-0.05, 0) is 12.5 Å². The lowest BCUT2D eigenvalue weighted by molar-refractivity contribution is 0.0600. The third-order valence-corrected chi connectivity index (χ3v) is 3.53. The van der Waals surface area contributed by atoms with Gasteiger partial charge in [0.1, 0.15) is 5.56 Å². The van der Waals surface area contributed by atoms with Gasteiger partial charge < -0.3 is 19.8 Å². The molecule has 0 amide bonds. The Bertz CT molecular complexity index is 742. The number of anilines is 1. The fourth-order valence-electron chi connectivity index (χ4n) is 2.19. The lowest BCUT2D eigenvalue weighted by atomic mass is 10.1. The van der Waals surface area contributed by atoms with Gasteiger partial charge in [0.25, 0.3) is 5.56 Å². The van der Waals surface area contributed by atoms with Crippen LogP contribution in [0.1, 0.15) is 16.8 Å². The van der Waals surface area contributed by atoms with E-state index >= 15 is 0 Å². The lowest BCUT2D eigenvalue weighted by Crippen LogP contribution is -2.22. The Labute approximate surface area is 132 Å². The number of aromatic nitrogens is 1. The third-order valence-electron chi connectivity index (χ3n) is 3.22. The summed E-state index contributed by atoms with van der Waals surface area (Å²) in [6, 6.07) is 5.21. The molecule has 7 heteroatoms. The molecule has 0 unspecified atom stereocenters. The quantitative estimate of drug-likeness (QED) is 0.630. The summed E-state index contributed by atoms with van der Waals surface area (Å²) in [6.07, 6.45) is 0.728. The molecule has 0 saturated heterocycles. The second-order valence-electron chi connectivity index (χ2n) is 4.63. The summed E-state index contributed by atoms with van der Waals surface area (Å²) in [6.45, 7) is 1.12. The minimum atomic E-state index is -0.697. The van der Waals surface area contributed by atoms with E-state index in [0.29, 0.717) is 34.8 Å². The zero-order valence-corrected chi connectivity index (χ0v) is 13.1. The molecule has 0 radical (unpaired) electrons. The van der Waals surface area contributed by atoms with Gasteiger partial charge >= 0.3 is 5.97 Å². The fourth-order valence-corrected chi connectivity index (χ4v) is 2.42. The molecular formula is C15H17ClN2O4. The topological polar surface area (TPSA) is 80.4 Å². The predicted molar refractivity (Wildman–Crippen MR) is 85.9 cm³/mol. The Balaban J connectivity index is 2.58. The van der Waals surface area contributed by atoms with Crippen LogP contribution in [0.5, 0.6) is 0 Å². The number of benzene rings is 1. The van der Waals surface area contributed by atoms with Crippen LogP contribution in [-0.2, 0) is 9.47 Å². The number of esters is 1. The van der Waals surface area contributed by atoms with Crippen molar-refractivity contribution in [3.05, 3.63) is 39.1 Å². The Hall–Kier alpha value is -2.05. The normalized spacial score (nSPS) is 10.7. The molecule has 2 N–H and O–H groups in total. The summed E-state index contributed by atoms with van der Waals surface area (Å²) in [4.78, 5) is 26.8. The Morgan fingerprint density at radius 3 is 2.82 bits per heavy atom. The van der Waals surface area contributed by atoms with E-state index in [0.717, 1.165) is 6.42 Å². The van der Waals surface area contributed by atoms with Crippen LogP contribution in [0.15, 0.2) is 23.0 Å². The molecule has 0 bridgehead atoms. The second-order valence-corrected chi connectivity index (χ2v) is 5.04. The van der Waals surface area contributed by atoms with E-state index in [2.05, 4.69) is 10.3 Å². The lowest BCUT2D eigenvalue weighted by Gasteiger charge is -2.14. The molecule has 1 aromatic carbocycles. The van der Waals surface area contributed by atoms with Crippen LogP contribution in [0.25, 0.3) is 10.9 Å². The van der Waals surface area contributed by atoms with Crippen LogP contribution in [0.4, 0.5) is 5.69 Å². The maximum absolute atomic E-state index is 12.2. The van der Waals surface area contributed by atoms with E-state index in [4.69, 9.17) is 21.1 Å². The van der Waals surface area contributed by atoms with Crippen molar-refractivity contribution in [2.75, 3.05) is 32.7 Å². The van der Waals surface area contributed by atoms with Crippen molar-refractivity contribution in [3.8, 4) is 0 Å². The zero-order valence-electron chi connectivity index (χ0n) is 12.4. The fraction of sp³-hybridized carbons (Fsp3) is 0.333. The van der Waals surface area contributed by atoms with Crippen molar-refractivity contribution in [2.24, 2.45) is 0 Å². The molecule has 0 aliphatic heterocycles. The maximum atomic E-state index is 12.2. The van der Waals surface area contributed by atoms with Crippen LogP contribution < -0.4 is 10.9 Å². The largest absolute Gasteiger partial charge is 0.465 e. The molecule has 2 aromatic rings. The van der Waals surface area contributed by atoms with E-state index in [9.17, 15) is 9.59 Å². The third kappa shape index (κ3) is 3.23. The number of pyridine rings is 1. The highest BCUT2D eigenvalue weighted by molar-refractivity contribution is 6.35. The molecule has 0 aliphatic rings. The van der Waals surface area contributed by atoms with Gasteiger partial charge in [0.2, 0.25) is 0 Å². The van der Waals surface area contributed by atoms with Gasteiger partial charge in [-0.15, -0.1) is 0 Å². The average Bonchev–Trinajstić information content (AvgIpc) is 2.51. The standard InChI is InChI=1S/C15H17ClN2O4/c1-21-8-4-7-17-13-9-5-3-6-10(16)12(9)18-14(19)11(13)15(20)22-2/h3,5-6H,4,7-8H2,1-2H3,(H2,17,18,19). The molecule has 0 saturated carbocycles. The van der Waals surface area contributed by atoms with E-state index in [1.54, 1.807) is 25.3 Å². The van der Waals surface area contributed by atoms with Gasteiger partial charge in [0.15, 0.2) is 0 Å². The van der Waals surface area contributed by atoms with Crippen LogP contribution >= 0.6 is 11.6 Å². The number of aromatic amines is 1. The van der Waals surface area contributed by atoms with E-state index < -0.39 is 11.5 Å². The average molecular weight is 325 g/mol. The SMILES string of the molecule is COCCCNc1c(C(=O)OC)c(=O)[nH]c2c(Cl)cccc12. The summed E-state index contributed by atoms with van der Waals surface area (Å²) in [5, 5.41) is 4.18. The van der Waals surface area contributed by atoms with Crippen molar-refractivity contribution < 1.29 is 14.3 Å². The molecule has 2 rings (SSSR count). The minimum Gasteiger partial charge on any atom is -0.465 e. The molecule has 118 valence electrons. The number of para-hydroxylation sites is 1. The van der Waals surface area contributed by atoms with Gasteiger partial charge in [-0.2, -0.15) is 0 Å². The number of methoxy groups -OCH3 is 2. The highest BCUT2D eigenvalue weighted by Gasteiger charge is 2.20. The molecule has 6 nitrogen and oxygen atoms in total. The summed E-state index contributed by atoms with van der Waals surface area (Å²) in [5.74, 6) is -0.697. The number of fused-ring (bicyclic) bond motifs is 1. The molecule has 0 atom stereocenters. The van der Waals surface area contributed by atoms with E-state index in [-0.39, 0.29) is 5.56 Å². The zero-order chi connectivity index (χ0) is 16.1. The highest BCUT2D eigenvalue weighted by Crippen LogP contribution is 2.28. The monoisotopic (exact) mass is 324 g/mol. The molecule has 1 aromatic heterocycles. The predicted octanol–water partition coefficient (Wildman–Crippen LogP) is 2.42.